The molecule has 0 aliphatic rings. The fourth-order valence-electron chi connectivity index (χ4n) is 2.94. The van der Waals surface area contributed by atoms with E-state index in [1.54, 1.807) is 38.1 Å². The fourth-order valence-corrected chi connectivity index (χ4v) is 3.51. The molecule has 1 heterocycles. The Kier molecular flexibility index (Phi) is 6.19. The lowest BCUT2D eigenvalue weighted by atomic mass is 10.1. The lowest BCUT2D eigenvalue weighted by molar-refractivity contribution is -0.384. The van der Waals surface area contributed by atoms with E-state index in [1.165, 1.54) is 28.9 Å². The molecule has 0 saturated heterocycles. The third-order valence-corrected chi connectivity index (χ3v) is 4.97. The molecule has 8 nitrogen and oxygen atoms in total. The van der Waals surface area contributed by atoms with Gasteiger partial charge in [0.15, 0.2) is 5.69 Å². The number of aromatic nitrogens is 2. The number of nitro benzene ring substituents is 1. The maximum Gasteiger partial charge on any atom is 0.294 e. The highest BCUT2D eigenvalue weighted by molar-refractivity contribution is 6.35. The minimum atomic E-state index is -0.731. The first-order valence-electron chi connectivity index (χ1n) is 8.79. The van der Waals surface area contributed by atoms with Gasteiger partial charge in [-0.3, -0.25) is 19.7 Å². The number of nitrogens with zero attached hydrogens (tertiary/aromatic N) is 3. The molecule has 0 saturated carbocycles. The van der Waals surface area contributed by atoms with Crippen molar-refractivity contribution < 1.29 is 9.72 Å². The Morgan fingerprint density at radius 2 is 1.90 bits per heavy atom. The summed E-state index contributed by atoms with van der Waals surface area (Å²) in [6, 6.07) is 11.5. The molecule has 0 bridgehead atoms. The number of nitro groups is 1. The molecule has 1 amide bonds. The maximum absolute atomic E-state index is 12.8. The van der Waals surface area contributed by atoms with Crippen LogP contribution in [0.3, 0.4) is 0 Å². The summed E-state index contributed by atoms with van der Waals surface area (Å²) in [6.07, 6.45) is 0. The van der Waals surface area contributed by atoms with Gasteiger partial charge in [0, 0.05) is 27.9 Å². The van der Waals surface area contributed by atoms with Gasteiger partial charge in [-0.1, -0.05) is 41.4 Å². The highest BCUT2D eigenvalue weighted by atomic mass is 35.5. The smallest absolute Gasteiger partial charge is 0.294 e. The molecule has 0 aliphatic heterocycles. The second-order valence-corrected chi connectivity index (χ2v) is 7.36. The van der Waals surface area contributed by atoms with Crippen LogP contribution in [0.15, 0.2) is 53.3 Å². The summed E-state index contributed by atoms with van der Waals surface area (Å²) in [4.78, 5) is 35.9. The minimum absolute atomic E-state index is 0.142. The van der Waals surface area contributed by atoms with E-state index in [0.29, 0.717) is 21.3 Å². The van der Waals surface area contributed by atoms with Gasteiger partial charge in [0.2, 0.25) is 5.43 Å². The second-order valence-electron chi connectivity index (χ2n) is 6.52. The van der Waals surface area contributed by atoms with Crippen LogP contribution in [0.4, 0.5) is 5.69 Å². The number of para-hydroxylation sites is 2. The van der Waals surface area contributed by atoms with Gasteiger partial charge < -0.3 is 5.32 Å². The van der Waals surface area contributed by atoms with E-state index in [-0.39, 0.29) is 11.4 Å². The van der Waals surface area contributed by atoms with Crippen molar-refractivity contribution in [2.24, 2.45) is 0 Å². The van der Waals surface area contributed by atoms with Crippen molar-refractivity contribution >= 4 is 34.8 Å². The number of rotatable bonds is 5. The van der Waals surface area contributed by atoms with Crippen LogP contribution in [-0.4, -0.2) is 20.6 Å². The Morgan fingerprint density at radius 3 is 2.57 bits per heavy atom. The van der Waals surface area contributed by atoms with Gasteiger partial charge in [-0.2, -0.15) is 5.10 Å². The SMILES string of the molecule is Cc1cc(=O)c(C(=O)NC(C)c2ccc(Cl)cc2Cl)nn1-c1ccccc1[N+](=O)[O-]. The predicted octanol–water partition coefficient (Wildman–Crippen LogP) is 4.25. The van der Waals surface area contributed by atoms with Gasteiger partial charge in [0.25, 0.3) is 11.6 Å². The molecular weight excluding hydrogens is 431 g/mol. The molecule has 0 radical (unpaired) electrons. The van der Waals surface area contributed by atoms with Crippen molar-refractivity contribution in [3.8, 4) is 5.69 Å². The van der Waals surface area contributed by atoms with Crippen LogP contribution in [-0.2, 0) is 0 Å². The number of carbonyl (C=O) groups excluding carboxylic acids is 1. The van der Waals surface area contributed by atoms with Crippen LogP contribution >= 0.6 is 23.2 Å². The number of halogens is 2. The first-order valence-corrected chi connectivity index (χ1v) is 9.55. The van der Waals surface area contributed by atoms with Gasteiger partial charge in [-0.05, 0) is 37.6 Å². The van der Waals surface area contributed by atoms with Crippen molar-refractivity contribution in [2.45, 2.75) is 19.9 Å². The van der Waals surface area contributed by atoms with Gasteiger partial charge >= 0.3 is 0 Å². The zero-order chi connectivity index (χ0) is 22.0. The van der Waals surface area contributed by atoms with E-state index in [9.17, 15) is 19.7 Å². The van der Waals surface area contributed by atoms with Gasteiger partial charge in [-0.25, -0.2) is 4.68 Å². The number of hydrogen-bond acceptors (Lipinski definition) is 5. The molecule has 0 spiro atoms. The van der Waals surface area contributed by atoms with Crippen molar-refractivity contribution in [2.75, 3.05) is 0 Å². The number of carbonyl (C=O) groups is 1. The van der Waals surface area contributed by atoms with E-state index in [0.717, 1.165) is 0 Å². The molecule has 3 rings (SSSR count). The molecule has 1 aromatic heterocycles. The van der Waals surface area contributed by atoms with E-state index < -0.39 is 28.0 Å². The topological polar surface area (TPSA) is 107 Å². The number of aryl methyl sites for hydroxylation is 1. The molecule has 1 unspecified atom stereocenters. The van der Waals surface area contributed by atoms with E-state index >= 15 is 0 Å². The molecular formula is C20H16Cl2N4O4. The van der Waals surface area contributed by atoms with Crippen LogP contribution in [0.25, 0.3) is 5.69 Å². The Labute approximate surface area is 181 Å². The van der Waals surface area contributed by atoms with Crippen LogP contribution < -0.4 is 10.7 Å². The van der Waals surface area contributed by atoms with Crippen molar-refractivity contribution in [1.82, 2.24) is 15.1 Å². The predicted molar refractivity (Wildman–Crippen MR) is 114 cm³/mol. The molecule has 30 heavy (non-hydrogen) atoms. The van der Waals surface area contributed by atoms with E-state index in [1.807, 2.05) is 0 Å². The molecule has 0 fully saturated rings. The highest BCUT2D eigenvalue weighted by Gasteiger charge is 2.22. The van der Waals surface area contributed by atoms with Crippen LogP contribution in [0.1, 0.15) is 34.7 Å². The van der Waals surface area contributed by atoms with Gasteiger partial charge in [0.05, 0.1) is 11.0 Å². The van der Waals surface area contributed by atoms with Crippen LogP contribution in [0, 0.1) is 17.0 Å². The summed E-state index contributed by atoms with van der Waals surface area (Å²) in [7, 11) is 0. The Hall–Kier alpha value is -3.23. The van der Waals surface area contributed by atoms with Crippen LogP contribution in [0.5, 0.6) is 0 Å². The molecule has 0 aliphatic carbocycles. The summed E-state index contributed by atoms with van der Waals surface area (Å²) in [5.41, 5.74) is -0.0996. The van der Waals surface area contributed by atoms with E-state index in [2.05, 4.69) is 10.4 Å². The first-order chi connectivity index (χ1) is 14.2. The average molecular weight is 447 g/mol. The highest BCUT2D eigenvalue weighted by Crippen LogP contribution is 2.26. The molecule has 154 valence electrons. The second kappa shape index (κ2) is 8.64. The molecule has 2 aromatic carbocycles. The third kappa shape index (κ3) is 4.34. The van der Waals surface area contributed by atoms with E-state index in [4.69, 9.17) is 23.2 Å². The number of hydrogen-bond donors (Lipinski definition) is 1. The quantitative estimate of drug-likeness (QED) is 0.465. The third-order valence-electron chi connectivity index (χ3n) is 4.41. The summed E-state index contributed by atoms with van der Waals surface area (Å²) >= 11 is 12.1. The summed E-state index contributed by atoms with van der Waals surface area (Å²) in [5, 5.41) is 18.9. The largest absolute Gasteiger partial charge is 0.344 e. The molecule has 10 heteroatoms. The van der Waals surface area contributed by atoms with Crippen molar-refractivity contribution in [3.63, 3.8) is 0 Å². The summed E-state index contributed by atoms with van der Waals surface area (Å²) in [6.45, 7) is 3.27. The van der Waals surface area contributed by atoms with Crippen LogP contribution in [0.2, 0.25) is 10.0 Å². The Morgan fingerprint density at radius 1 is 1.20 bits per heavy atom. The Balaban J connectivity index is 1.99. The lowest BCUT2D eigenvalue weighted by Crippen LogP contribution is -2.33. The molecule has 1 atom stereocenters. The number of nitrogens with one attached hydrogen (secondary N) is 1. The first kappa shape index (κ1) is 21.5. The summed E-state index contributed by atoms with van der Waals surface area (Å²) in [5.74, 6) is -0.731. The van der Waals surface area contributed by atoms with Gasteiger partial charge in [-0.15, -0.1) is 0 Å². The Bertz CT molecular complexity index is 1210. The minimum Gasteiger partial charge on any atom is -0.344 e. The average Bonchev–Trinajstić information content (AvgIpc) is 2.67. The number of amides is 1. The zero-order valence-electron chi connectivity index (χ0n) is 15.9. The monoisotopic (exact) mass is 446 g/mol. The standard InChI is InChI=1S/C20H16Cl2N4O4/c1-11-9-18(27)19(24-25(11)16-5-3-4-6-17(16)26(29)30)20(28)23-12(2)14-8-7-13(21)10-15(14)22/h3-10,12H,1-2H3,(H,23,28). The molecule has 3 aromatic rings. The lowest BCUT2D eigenvalue weighted by Gasteiger charge is -2.16. The molecule has 1 N–H and O–H groups in total. The van der Waals surface area contributed by atoms with Gasteiger partial charge in [0.1, 0.15) is 5.69 Å². The summed E-state index contributed by atoms with van der Waals surface area (Å²) < 4.78 is 1.20. The zero-order valence-corrected chi connectivity index (χ0v) is 17.4. The maximum atomic E-state index is 12.8. The van der Waals surface area contributed by atoms with Crippen molar-refractivity contribution in [3.05, 3.63) is 95.9 Å². The normalized spacial score (nSPS) is 11.7. The number of benzene rings is 2. The van der Waals surface area contributed by atoms with Crippen molar-refractivity contribution in [1.29, 1.82) is 0 Å². The fraction of sp³-hybridized carbons (Fsp3) is 0.150.